The molecular weight excluding hydrogens is 274 g/mol. The quantitative estimate of drug-likeness (QED) is 0.858. The van der Waals surface area contributed by atoms with E-state index in [1.807, 2.05) is 60.4 Å². The summed E-state index contributed by atoms with van der Waals surface area (Å²) < 4.78 is 5.90. The molecule has 0 spiro atoms. The van der Waals surface area contributed by atoms with E-state index in [0.29, 0.717) is 6.42 Å². The van der Waals surface area contributed by atoms with Crippen LogP contribution in [0.15, 0.2) is 54.6 Å². The van der Waals surface area contributed by atoms with Gasteiger partial charge in [0.05, 0.1) is 0 Å². The SMILES string of the molecule is CC[C@@H](Oc1ccccc1)C(=O)N1CCCc2ccccc21. The Hall–Kier alpha value is -2.29. The molecule has 0 saturated carbocycles. The van der Waals surface area contributed by atoms with Crippen molar-refractivity contribution in [2.24, 2.45) is 0 Å². The Kier molecular flexibility index (Phi) is 4.42. The average Bonchev–Trinajstić information content (AvgIpc) is 2.59. The molecule has 0 fully saturated rings. The van der Waals surface area contributed by atoms with Crippen molar-refractivity contribution >= 4 is 11.6 Å². The second kappa shape index (κ2) is 6.65. The summed E-state index contributed by atoms with van der Waals surface area (Å²) in [5.74, 6) is 0.798. The van der Waals surface area contributed by atoms with Crippen LogP contribution in [0.3, 0.4) is 0 Å². The van der Waals surface area contributed by atoms with Crippen LogP contribution < -0.4 is 9.64 Å². The molecule has 1 aliphatic heterocycles. The molecule has 3 nitrogen and oxygen atoms in total. The highest BCUT2D eigenvalue weighted by molar-refractivity contribution is 5.97. The fourth-order valence-corrected chi connectivity index (χ4v) is 2.91. The maximum Gasteiger partial charge on any atom is 0.268 e. The summed E-state index contributed by atoms with van der Waals surface area (Å²) in [7, 11) is 0. The zero-order chi connectivity index (χ0) is 15.4. The van der Waals surface area contributed by atoms with E-state index in [0.717, 1.165) is 30.8 Å². The molecule has 0 bridgehead atoms. The average molecular weight is 295 g/mol. The standard InChI is InChI=1S/C19H21NO2/c1-2-18(22-16-11-4-3-5-12-16)19(21)20-14-8-10-15-9-6-7-13-17(15)20/h3-7,9,11-13,18H,2,8,10,14H2,1H3/t18-/m1/s1. The van der Waals surface area contributed by atoms with Crippen molar-refractivity contribution in [3.05, 3.63) is 60.2 Å². The summed E-state index contributed by atoms with van der Waals surface area (Å²) in [4.78, 5) is 14.8. The number of amides is 1. The van der Waals surface area contributed by atoms with Crippen LogP contribution in [0.25, 0.3) is 0 Å². The second-order valence-corrected chi connectivity index (χ2v) is 5.55. The number of anilines is 1. The van der Waals surface area contributed by atoms with Crippen molar-refractivity contribution in [3.8, 4) is 5.75 Å². The number of benzene rings is 2. The van der Waals surface area contributed by atoms with Crippen molar-refractivity contribution < 1.29 is 9.53 Å². The van der Waals surface area contributed by atoms with Gasteiger partial charge in [-0.3, -0.25) is 4.79 Å². The number of ether oxygens (including phenoxy) is 1. The second-order valence-electron chi connectivity index (χ2n) is 5.55. The van der Waals surface area contributed by atoms with Crippen LogP contribution >= 0.6 is 0 Å². The minimum Gasteiger partial charge on any atom is -0.481 e. The predicted octanol–water partition coefficient (Wildman–Crippen LogP) is 3.82. The smallest absolute Gasteiger partial charge is 0.268 e. The van der Waals surface area contributed by atoms with Crippen molar-refractivity contribution in [1.82, 2.24) is 0 Å². The third-order valence-electron chi connectivity index (χ3n) is 4.04. The number of aryl methyl sites for hydroxylation is 1. The summed E-state index contributed by atoms with van der Waals surface area (Å²) in [5, 5.41) is 0. The molecule has 0 unspecified atom stereocenters. The van der Waals surface area contributed by atoms with Crippen LogP contribution in [0.2, 0.25) is 0 Å². The molecule has 1 atom stereocenters. The molecule has 0 aromatic heterocycles. The number of fused-ring (bicyclic) bond motifs is 1. The van der Waals surface area contributed by atoms with Gasteiger partial charge in [-0.2, -0.15) is 0 Å². The molecule has 22 heavy (non-hydrogen) atoms. The third kappa shape index (κ3) is 2.98. The van der Waals surface area contributed by atoms with Gasteiger partial charge in [0.25, 0.3) is 5.91 Å². The molecular formula is C19H21NO2. The van der Waals surface area contributed by atoms with E-state index >= 15 is 0 Å². The Morgan fingerprint density at radius 2 is 1.86 bits per heavy atom. The van der Waals surface area contributed by atoms with Gasteiger partial charge in [-0.05, 0) is 43.0 Å². The summed E-state index contributed by atoms with van der Waals surface area (Å²) in [6.07, 6.45) is 2.27. The minimum absolute atomic E-state index is 0.0542. The van der Waals surface area contributed by atoms with Crippen LogP contribution in [-0.2, 0) is 11.2 Å². The highest BCUT2D eigenvalue weighted by Crippen LogP contribution is 2.28. The topological polar surface area (TPSA) is 29.5 Å². The van der Waals surface area contributed by atoms with Gasteiger partial charge in [-0.1, -0.05) is 43.3 Å². The van der Waals surface area contributed by atoms with E-state index in [2.05, 4.69) is 6.07 Å². The first-order chi connectivity index (χ1) is 10.8. The van der Waals surface area contributed by atoms with Gasteiger partial charge >= 0.3 is 0 Å². The number of rotatable bonds is 4. The van der Waals surface area contributed by atoms with E-state index in [1.165, 1.54) is 5.56 Å². The summed E-state index contributed by atoms with van der Waals surface area (Å²) >= 11 is 0. The van der Waals surface area contributed by atoms with E-state index < -0.39 is 6.10 Å². The molecule has 0 saturated heterocycles. The van der Waals surface area contributed by atoms with Gasteiger partial charge in [-0.25, -0.2) is 0 Å². The van der Waals surface area contributed by atoms with Gasteiger partial charge in [0.1, 0.15) is 5.75 Å². The Bertz CT molecular complexity index is 639. The molecule has 1 heterocycles. The lowest BCUT2D eigenvalue weighted by Crippen LogP contribution is -2.44. The molecule has 0 aliphatic carbocycles. The molecule has 3 heteroatoms. The molecule has 114 valence electrons. The van der Waals surface area contributed by atoms with Crippen molar-refractivity contribution in [2.45, 2.75) is 32.3 Å². The van der Waals surface area contributed by atoms with Gasteiger partial charge in [0.15, 0.2) is 6.10 Å². The molecule has 0 N–H and O–H groups in total. The molecule has 1 amide bonds. The molecule has 3 rings (SSSR count). The lowest BCUT2D eigenvalue weighted by Gasteiger charge is -2.32. The summed E-state index contributed by atoms with van der Waals surface area (Å²) in [6.45, 7) is 2.76. The van der Waals surface area contributed by atoms with Crippen molar-refractivity contribution in [2.75, 3.05) is 11.4 Å². The first kappa shape index (κ1) is 14.6. The number of para-hydroxylation sites is 2. The van der Waals surface area contributed by atoms with Gasteiger partial charge in [-0.15, -0.1) is 0 Å². The number of hydrogen-bond donors (Lipinski definition) is 0. The normalized spacial score (nSPS) is 15.0. The maximum atomic E-state index is 12.9. The maximum absolute atomic E-state index is 12.9. The third-order valence-corrected chi connectivity index (χ3v) is 4.04. The minimum atomic E-state index is -0.437. The van der Waals surface area contributed by atoms with Crippen LogP contribution in [0.5, 0.6) is 5.75 Å². The van der Waals surface area contributed by atoms with Crippen LogP contribution in [-0.4, -0.2) is 18.6 Å². The number of hydrogen-bond acceptors (Lipinski definition) is 2. The zero-order valence-electron chi connectivity index (χ0n) is 12.9. The van der Waals surface area contributed by atoms with Gasteiger partial charge in [0, 0.05) is 12.2 Å². The number of carbonyl (C=O) groups is 1. The zero-order valence-corrected chi connectivity index (χ0v) is 12.9. The molecule has 0 radical (unpaired) electrons. The molecule has 2 aromatic rings. The largest absolute Gasteiger partial charge is 0.481 e. The highest BCUT2D eigenvalue weighted by Gasteiger charge is 2.28. The van der Waals surface area contributed by atoms with Gasteiger partial charge in [0.2, 0.25) is 0 Å². The Balaban J connectivity index is 1.80. The van der Waals surface area contributed by atoms with E-state index in [-0.39, 0.29) is 5.91 Å². The fourth-order valence-electron chi connectivity index (χ4n) is 2.91. The first-order valence-electron chi connectivity index (χ1n) is 7.90. The summed E-state index contributed by atoms with van der Waals surface area (Å²) in [6, 6.07) is 17.7. The van der Waals surface area contributed by atoms with E-state index in [1.54, 1.807) is 0 Å². The van der Waals surface area contributed by atoms with Gasteiger partial charge < -0.3 is 9.64 Å². The fraction of sp³-hybridized carbons (Fsp3) is 0.316. The number of carbonyl (C=O) groups excluding carboxylic acids is 1. The Morgan fingerprint density at radius 1 is 1.14 bits per heavy atom. The Labute approximate surface area is 131 Å². The summed E-state index contributed by atoms with van der Waals surface area (Å²) in [5.41, 5.74) is 2.28. The van der Waals surface area contributed by atoms with Crippen LogP contribution in [0.1, 0.15) is 25.3 Å². The lowest BCUT2D eigenvalue weighted by molar-refractivity contribution is -0.125. The van der Waals surface area contributed by atoms with E-state index in [9.17, 15) is 4.79 Å². The first-order valence-corrected chi connectivity index (χ1v) is 7.90. The van der Waals surface area contributed by atoms with Crippen molar-refractivity contribution in [3.63, 3.8) is 0 Å². The monoisotopic (exact) mass is 295 g/mol. The molecule has 2 aromatic carbocycles. The predicted molar refractivity (Wildman–Crippen MR) is 88.3 cm³/mol. The van der Waals surface area contributed by atoms with Crippen molar-refractivity contribution in [1.29, 1.82) is 0 Å². The lowest BCUT2D eigenvalue weighted by atomic mass is 10.0. The Morgan fingerprint density at radius 3 is 2.64 bits per heavy atom. The molecule has 1 aliphatic rings. The van der Waals surface area contributed by atoms with Crippen LogP contribution in [0, 0.1) is 0 Å². The number of nitrogens with zero attached hydrogens (tertiary/aromatic N) is 1. The van der Waals surface area contributed by atoms with Crippen LogP contribution in [0.4, 0.5) is 5.69 Å². The van der Waals surface area contributed by atoms with E-state index in [4.69, 9.17) is 4.74 Å². The highest BCUT2D eigenvalue weighted by atomic mass is 16.5.